The van der Waals surface area contributed by atoms with Crippen molar-refractivity contribution >= 4 is 17.2 Å². The van der Waals surface area contributed by atoms with Crippen LogP contribution in [0.5, 0.6) is 0 Å². The van der Waals surface area contributed by atoms with Crippen LogP contribution in [-0.2, 0) is 24.2 Å². The van der Waals surface area contributed by atoms with Crippen LogP contribution in [0.15, 0.2) is 36.7 Å². The highest BCUT2D eigenvalue weighted by Crippen LogP contribution is 2.32. The summed E-state index contributed by atoms with van der Waals surface area (Å²) in [5.74, 6) is 0.487. The smallest absolute Gasteiger partial charge is 0.225 e. The quantitative estimate of drug-likeness (QED) is 0.721. The van der Waals surface area contributed by atoms with E-state index < -0.39 is 0 Å². The first-order valence-electron chi connectivity index (χ1n) is 10.8. The van der Waals surface area contributed by atoms with Crippen molar-refractivity contribution in [3.63, 3.8) is 0 Å². The van der Waals surface area contributed by atoms with Crippen molar-refractivity contribution in [2.75, 3.05) is 18.0 Å². The van der Waals surface area contributed by atoms with E-state index >= 15 is 0 Å². The summed E-state index contributed by atoms with van der Waals surface area (Å²) in [6.07, 6.45) is 9.91. The zero-order valence-electron chi connectivity index (χ0n) is 17.0. The van der Waals surface area contributed by atoms with Crippen LogP contribution in [0.4, 0.5) is 10.2 Å². The monoisotopic (exact) mass is 407 g/mol. The topological polar surface area (TPSA) is 62.5 Å². The Labute approximate surface area is 175 Å². The predicted octanol–water partition coefficient (Wildman–Crippen LogP) is 3.28. The molecule has 1 saturated heterocycles. The van der Waals surface area contributed by atoms with Gasteiger partial charge >= 0.3 is 0 Å². The lowest BCUT2D eigenvalue weighted by Gasteiger charge is -2.33. The number of nitrogens with one attached hydrogen (secondary N) is 1. The fraction of sp³-hybridized carbons (Fsp3) is 0.435. The predicted molar refractivity (Wildman–Crippen MR) is 113 cm³/mol. The van der Waals surface area contributed by atoms with Crippen LogP contribution >= 0.6 is 0 Å². The maximum absolute atomic E-state index is 13.8. The number of benzene rings is 1. The number of hydrogen-bond donors (Lipinski definition) is 1. The van der Waals surface area contributed by atoms with Crippen molar-refractivity contribution in [2.45, 2.75) is 45.1 Å². The first-order valence-corrected chi connectivity index (χ1v) is 10.8. The van der Waals surface area contributed by atoms with Crippen molar-refractivity contribution in [1.29, 1.82) is 0 Å². The molecule has 2 aromatic heterocycles. The second-order valence-corrected chi connectivity index (χ2v) is 8.27. The van der Waals surface area contributed by atoms with Gasteiger partial charge in [0.25, 0.3) is 0 Å². The van der Waals surface area contributed by atoms with Gasteiger partial charge in [-0.25, -0.2) is 13.9 Å². The fourth-order valence-electron chi connectivity index (χ4n) is 4.73. The van der Waals surface area contributed by atoms with Gasteiger partial charge in [-0.1, -0.05) is 18.2 Å². The highest BCUT2D eigenvalue weighted by Gasteiger charge is 2.29. The summed E-state index contributed by atoms with van der Waals surface area (Å²) in [6, 6.07) is 6.56. The number of fused-ring (bicyclic) bond motifs is 3. The summed E-state index contributed by atoms with van der Waals surface area (Å²) >= 11 is 0. The first kappa shape index (κ1) is 19.0. The van der Waals surface area contributed by atoms with Gasteiger partial charge in [0.05, 0.1) is 11.6 Å². The molecule has 0 saturated carbocycles. The molecule has 1 aliphatic heterocycles. The number of nitrogens with zero attached hydrogens (tertiary/aromatic N) is 4. The van der Waals surface area contributed by atoms with Gasteiger partial charge < -0.3 is 10.2 Å². The van der Waals surface area contributed by atoms with Crippen LogP contribution in [0.1, 0.15) is 42.5 Å². The minimum Gasteiger partial charge on any atom is -0.354 e. The molecule has 1 aromatic carbocycles. The molecule has 1 N–H and O–H groups in total. The molecular formula is C23H26FN5O. The summed E-state index contributed by atoms with van der Waals surface area (Å²) in [5, 5.41) is 7.69. The van der Waals surface area contributed by atoms with Crippen molar-refractivity contribution in [1.82, 2.24) is 19.9 Å². The van der Waals surface area contributed by atoms with Gasteiger partial charge in [-0.05, 0) is 44.6 Å². The molecule has 156 valence electrons. The Morgan fingerprint density at radius 2 is 2.07 bits per heavy atom. The van der Waals surface area contributed by atoms with Gasteiger partial charge in [-0.3, -0.25) is 4.79 Å². The largest absolute Gasteiger partial charge is 0.354 e. The minimum atomic E-state index is -0.288. The average Bonchev–Trinajstić information content (AvgIpc) is 3.17. The van der Waals surface area contributed by atoms with Crippen LogP contribution in [-0.4, -0.2) is 33.6 Å². The Kier molecular flexibility index (Phi) is 5.11. The summed E-state index contributed by atoms with van der Waals surface area (Å²) in [6.45, 7) is 1.71. The zero-order chi connectivity index (χ0) is 20.5. The number of amides is 1. The van der Waals surface area contributed by atoms with Gasteiger partial charge in [0.1, 0.15) is 11.3 Å². The Hall–Kier alpha value is -2.96. The summed E-state index contributed by atoms with van der Waals surface area (Å²) in [7, 11) is 0. The summed E-state index contributed by atoms with van der Waals surface area (Å²) in [5.41, 5.74) is 4.11. The minimum absolute atomic E-state index is 0.0227. The molecule has 0 bridgehead atoms. The number of rotatable bonds is 4. The zero-order valence-corrected chi connectivity index (χ0v) is 17.0. The van der Waals surface area contributed by atoms with Crippen LogP contribution in [0.2, 0.25) is 0 Å². The number of halogens is 1. The normalized spacial score (nSPS) is 19.0. The highest BCUT2D eigenvalue weighted by atomic mass is 19.1. The summed E-state index contributed by atoms with van der Waals surface area (Å²) in [4.78, 5) is 19.7. The van der Waals surface area contributed by atoms with E-state index in [0.29, 0.717) is 12.1 Å². The number of aromatic nitrogens is 3. The van der Waals surface area contributed by atoms with Gasteiger partial charge in [0.15, 0.2) is 5.82 Å². The number of hydrogen-bond acceptors (Lipinski definition) is 4. The average molecular weight is 407 g/mol. The molecule has 3 heterocycles. The number of piperidine rings is 1. The van der Waals surface area contributed by atoms with E-state index in [2.05, 4.69) is 10.2 Å². The molecule has 30 heavy (non-hydrogen) atoms. The maximum Gasteiger partial charge on any atom is 0.225 e. The van der Waals surface area contributed by atoms with Crippen molar-refractivity contribution in [3.8, 4) is 0 Å². The molecule has 0 unspecified atom stereocenters. The maximum atomic E-state index is 13.8. The molecule has 1 aliphatic carbocycles. The van der Waals surface area contributed by atoms with Crippen molar-refractivity contribution in [3.05, 3.63) is 59.3 Å². The molecule has 2 aliphatic rings. The highest BCUT2D eigenvalue weighted by molar-refractivity contribution is 5.80. The second kappa shape index (κ2) is 8.05. The molecule has 5 rings (SSSR count). The van der Waals surface area contributed by atoms with Crippen LogP contribution < -0.4 is 10.2 Å². The van der Waals surface area contributed by atoms with Crippen LogP contribution in [0, 0.1) is 11.7 Å². The third-order valence-corrected chi connectivity index (χ3v) is 6.30. The van der Waals surface area contributed by atoms with Gasteiger partial charge in [0, 0.05) is 43.2 Å². The van der Waals surface area contributed by atoms with Gasteiger partial charge in [0.2, 0.25) is 5.91 Å². The summed E-state index contributed by atoms with van der Waals surface area (Å²) < 4.78 is 15.8. The Morgan fingerprint density at radius 3 is 2.97 bits per heavy atom. The number of carbonyl (C=O) groups is 1. The van der Waals surface area contributed by atoms with E-state index in [1.54, 1.807) is 24.4 Å². The molecule has 7 heteroatoms. The molecule has 3 aromatic rings. The third-order valence-electron chi connectivity index (χ3n) is 6.30. The Morgan fingerprint density at radius 1 is 1.20 bits per heavy atom. The van der Waals surface area contributed by atoms with Crippen molar-refractivity contribution < 1.29 is 9.18 Å². The number of anilines is 1. The van der Waals surface area contributed by atoms with Gasteiger partial charge in [-0.2, -0.15) is 5.10 Å². The van der Waals surface area contributed by atoms with E-state index in [9.17, 15) is 9.18 Å². The van der Waals surface area contributed by atoms with E-state index in [-0.39, 0.29) is 24.2 Å². The van der Waals surface area contributed by atoms with Crippen LogP contribution in [0.25, 0.3) is 5.52 Å². The molecule has 0 spiro atoms. The van der Waals surface area contributed by atoms with E-state index in [1.165, 1.54) is 30.2 Å². The second-order valence-electron chi connectivity index (χ2n) is 8.27. The number of aryl methyl sites for hydroxylation is 2. The lowest BCUT2D eigenvalue weighted by Crippen LogP contribution is -2.43. The Bertz CT molecular complexity index is 1080. The molecule has 6 nitrogen and oxygen atoms in total. The van der Waals surface area contributed by atoms with E-state index in [4.69, 9.17) is 10.1 Å². The molecule has 1 amide bonds. The van der Waals surface area contributed by atoms with Gasteiger partial charge in [-0.15, -0.1) is 0 Å². The molecular weight excluding hydrogens is 381 g/mol. The van der Waals surface area contributed by atoms with E-state index in [1.807, 2.05) is 10.7 Å². The first-order chi connectivity index (χ1) is 14.7. The SMILES string of the molecule is O=C(NCc1ccccc1F)[C@@H]1CCCN(c2nccn3nc4c(c23)CCCC4)C1. The standard InChI is InChI=1S/C23H26FN5O/c24-19-9-3-1-6-16(19)14-26-23(30)17-7-5-12-28(15-17)22-21-18-8-2-4-10-20(18)27-29(21)13-11-25-22/h1,3,6,9,11,13,17H,2,4-5,7-8,10,12,14-15H2,(H,26,30)/t17-/m1/s1. The molecule has 1 fully saturated rings. The van der Waals surface area contributed by atoms with Crippen molar-refractivity contribution in [2.24, 2.45) is 5.92 Å². The lowest BCUT2D eigenvalue weighted by molar-refractivity contribution is -0.125. The molecule has 1 atom stereocenters. The number of carbonyl (C=O) groups excluding carboxylic acids is 1. The lowest BCUT2D eigenvalue weighted by atomic mass is 9.95. The fourth-order valence-corrected chi connectivity index (χ4v) is 4.73. The van der Waals surface area contributed by atoms with E-state index in [0.717, 1.165) is 43.6 Å². The molecule has 0 radical (unpaired) electrons. The third kappa shape index (κ3) is 3.53. The van der Waals surface area contributed by atoms with Crippen LogP contribution in [0.3, 0.4) is 0 Å². The Balaban J connectivity index is 1.34.